The second-order valence-corrected chi connectivity index (χ2v) is 15.7. The second kappa shape index (κ2) is 12.4. The largest absolute Gasteiger partial charge is 0.311 e. The molecular formula is C54H35BN4. The Morgan fingerprint density at radius 1 is 0.271 bits per heavy atom. The Bertz CT molecular complexity index is 3250. The highest BCUT2D eigenvalue weighted by Crippen LogP contribution is 2.46. The predicted molar refractivity (Wildman–Crippen MR) is 249 cm³/mol. The molecule has 59 heavy (non-hydrogen) atoms. The smallest absolute Gasteiger partial charge is 0.252 e. The van der Waals surface area contributed by atoms with E-state index in [0.29, 0.717) is 0 Å². The van der Waals surface area contributed by atoms with Crippen LogP contribution in [0.4, 0.5) is 34.1 Å². The monoisotopic (exact) mass is 750 g/mol. The molecule has 4 heterocycles. The zero-order chi connectivity index (χ0) is 38.6. The lowest BCUT2D eigenvalue weighted by Crippen LogP contribution is -2.61. The Morgan fingerprint density at radius 3 is 1.15 bits per heavy atom. The van der Waals surface area contributed by atoms with Crippen LogP contribution in [-0.4, -0.2) is 15.8 Å². The van der Waals surface area contributed by atoms with Crippen molar-refractivity contribution in [2.75, 3.05) is 9.80 Å². The summed E-state index contributed by atoms with van der Waals surface area (Å²) in [6.07, 6.45) is 0. The first-order valence-electron chi connectivity index (χ1n) is 20.4. The fraction of sp³-hybridized carbons (Fsp3) is 0. The molecule has 0 amide bonds. The van der Waals surface area contributed by atoms with E-state index in [4.69, 9.17) is 0 Å². The molecule has 2 aliphatic rings. The van der Waals surface area contributed by atoms with E-state index in [-0.39, 0.29) is 6.71 Å². The molecule has 2 aliphatic heterocycles. The van der Waals surface area contributed by atoms with Crippen molar-refractivity contribution in [2.24, 2.45) is 0 Å². The summed E-state index contributed by atoms with van der Waals surface area (Å²) in [6, 6.07) is 78.0. The molecule has 0 saturated heterocycles. The molecule has 0 radical (unpaired) electrons. The summed E-state index contributed by atoms with van der Waals surface area (Å²) >= 11 is 0. The van der Waals surface area contributed by atoms with E-state index in [9.17, 15) is 0 Å². The lowest BCUT2D eigenvalue weighted by Gasteiger charge is -2.44. The van der Waals surface area contributed by atoms with Crippen LogP contribution in [-0.2, 0) is 0 Å². The highest BCUT2D eigenvalue weighted by molar-refractivity contribution is 7.00. The Balaban J connectivity index is 1.04. The summed E-state index contributed by atoms with van der Waals surface area (Å²) in [6.45, 7) is 0.0774. The van der Waals surface area contributed by atoms with Crippen LogP contribution in [0.15, 0.2) is 212 Å². The number of aromatic nitrogens is 2. The van der Waals surface area contributed by atoms with E-state index in [1.165, 1.54) is 82.7 Å². The van der Waals surface area contributed by atoms with Crippen LogP contribution in [0.5, 0.6) is 0 Å². The van der Waals surface area contributed by atoms with Gasteiger partial charge < -0.3 is 18.9 Å². The van der Waals surface area contributed by atoms with Gasteiger partial charge in [-0.25, -0.2) is 0 Å². The van der Waals surface area contributed by atoms with Crippen molar-refractivity contribution in [3.8, 4) is 11.4 Å². The van der Waals surface area contributed by atoms with Gasteiger partial charge in [-0.2, -0.15) is 0 Å². The third-order valence-electron chi connectivity index (χ3n) is 12.7. The zero-order valence-corrected chi connectivity index (χ0v) is 32.1. The maximum absolute atomic E-state index is 2.50. The van der Waals surface area contributed by atoms with Crippen LogP contribution >= 0.6 is 0 Å². The van der Waals surface area contributed by atoms with Gasteiger partial charge in [-0.05, 0) is 113 Å². The van der Waals surface area contributed by atoms with Crippen LogP contribution < -0.4 is 26.2 Å². The van der Waals surface area contributed by atoms with Crippen molar-refractivity contribution in [3.63, 3.8) is 0 Å². The molecular weight excluding hydrogens is 715 g/mol. The first kappa shape index (κ1) is 32.3. The molecule has 4 nitrogen and oxygen atoms in total. The maximum atomic E-state index is 2.50. The predicted octanol–water partition coefficient (Wildman–Crippen LogP) is 12.0. The number of para-hydroxylation sites is 6. The molecule has 0 unspecified atom stereocenters. The lowest BCUT2D eigenvalue weighted by atomic mass is 9.33. The van der Waals surface area contributed by atoms with Crippen molar-refractivity contribution >= 4 is 101 Å². The standard InChI is InChI=1S/C54H35BN4/c1-3-16-36(17-4-1)56-46-24-11-7-20-40(46)42-34-38(30-32-48(42)56)58-50-26-13-9-22-44(50)55-45-23-10-14-27-51(45)59(53-29-15-28-52(58)54(53)55)39-31-33-49-43(35-39)41-21-8-12-25-47(41)57(49)37-18-5-2-6-19-37/h1-35H. The second-order valence-electron chi connectivity index (χ2n) is 15.7. The summed E-state index contributed by atoms with van der Waals surface area (Å²) in [4.78, 5) is 5.00. The maximum Gasteiger partial charge on any atom is 0.252 e. The minimum Gasteiger partial charge on any atom is -0.311 e. The van der Waals surface area contributed by atoms with E-state index >= 15 is 0 Å². The molecule has 0 spiro atoms. The van der Waals surface area contributed by atoms with Gasteiger partial charge in [-0.1, -0.05) is 115 Å². The van der Waals surface area contributed by atoms with Gasteiger partial charge >= 0.3 is 0 Å². The Labute approximate surface area is 342 Å². The molecule has 0 fully saturated rings. The van der Waals surface area contributed by atoms with Crippen molar-refractivity contribution < 1.29 is 0 Å². The SMILES string of the molecule is c1ccc(-n2c3ccccc3c3cc(N4c5ccccc5B5c6ccccc6N(c6ccc7c(c6)c6ccccc6n7-c6ccccc6)c6cccc4c65)ccc32)cc1. The van der Waals surface area contributed by atoms with E-state index < -0.39 is 0 Å². The number of nitrogens with zero attached hydrogens (tertiary/aromatic N) is 4. The number of hydrogen-bond donors (Lipinski definition) is 0. The summed E-state index contributed by atoms with van der Waals surface area (Å²) in [5.74, 6) is 0. The average molecular weight is 751 g/mol. The molecule has 2 aromatic heterocycles. The van der Waals surface area contributed by atoms with Gasteiger partial charge in [0.25, 0.3) is 6.71 Å². The molecule has 5 heteroatoms. The number of anilines is 6. The fourth-order valence-electron chi connectivity index (χ4n) is 10.3. The molecule has 9 aromatic carbocycles. The zero-order valence-electron chi connectivity index (χ0n) is 32.1. The first-order valence-corrected chi connectivity index (χ1v) is 20.4. The van der Waals surface area contributed by atoms with Gasteiger partial charge in [0.15, 0.2) is 0 Å². The van der Waals surface area contributed by atoms with Crippen LogP contribution in [0.1, 0.15) is 0 Å². The van der Waals surface area contributed by atoms with Gasteiger partial charge in [0.05, 0.1) is 22.1 Å². The van der Waals surface area contributed by atoms with Crippen molar-refractivity contribution in [1.82, 2.24) is 9.13 Å². The van der Waals surface area contributed by atoms with E-state index in [0.717, 1.165) is 22.7 Å². The molecule has 13 rings (SSSR count). The number of hydrogen-bond acceptors (Lipinski definition) is 2. The van der Waals surface area contributed by atoms with Crippen LogP contribution in [0.3, 0.4) is 0 Å². The molecule has 274 valence electrons. The van der Waals surface area contributed by atoms with Gasteiger partial charge in [0.1, 0.15) is 0 Å². The minimum atomic E-state index is 0.0774. The summed E-state index contributed by atoms with van der Waals surface area (Å²) in [5.41, 5.74) is 18.2. The molecule has 0 aliphatic carbocycles. The Kier molecular flexibility index (Phi) is 6.78. The third-order valence-corrected chi connectivity index (χ3v) is 12.7. The molecule has 0 saturated carbocycles. The van der Waals surface area contributed by atoms with Gasteiger partial charge in [-0.15, -0.1) is 0 Å². The molecule has 11 aromatic rings. The van der Waals surface area contributed by atoms with Crippen molar-refractivity contribution in [3.05, 3.63) is 212 Å². The summed E-state index contributed by atoms with van der Waals surface area (Å²) in [7, 11) is 0. The van der Waals surface area contributed by atoms with E-state index in [1.807, 2.05) is 0 Å². The highest BCUT2D eigenvalue weighted by Gasteiger charge is 2.43. The van der Waals surface area contributed by atoms with Crippen LogP contribution in [0, 0.1) is 0 Å². The normalized spacial score (nSPS) is 13.0. The number of rotatable bonds is 4. The van der Waals surface area contributed by atoms with Crippen molar-refractivity contribution in [1.29, 1.82) is 0 Å². The van der Waals surface area contributed by atoms with Gasteiger partial charge in [-0.3, -0.25) is 0 Å². The topological polar surface area (TPSA) is 16.3 Å². The Hall–Kier alpha value is -7.76. The van der Waals surface area contributed by atoms with Crippen molar-refractivity contribution in [2.45, 2.75) is 0 Å². The Morgan fingerprint density at radius 2 is 0.661 bits per heavy atom. The van der Waals surface area contributed by atoms with E-state index in [2.05, 4.69) is 231 Å². The quantitative estimate of drug-likeness (QED) is 0.167. The summed E-state index contributed by atoms with van der Waals surface area (Å²) in [5, 5.41) is 4.97. The van der Waals surface area contributed by atoms with E-state index in [1.54, 1.807) is 0 Å². The number of benzene rings is 9. The minimum absolute atomic E-state index is 0.0774. The molecule has 0 N–H and O–H groups in total. The molecule has 0 bridgehead atoms. The molecule has 0 atom stereocenters. The van der Waals surface area contributed by atoms with Gasteiger partial charge in [0.2, 0.25) is 0 Å². The summed E-state index contributed by atoms with van der Waals surface area (Å²) < 4.78 is 4.78. The fourth-order valence-corrected chi connectivity index (χ4v) is 10.3. The lowest BCUT2D eigenvalue weighted by molar-refractivity contribution is 1.18. The van der Waals surface area contributed by atoms with Crippen LogP contribution in [0.2, 0.25) is 0 Å². The first-order chi connectivity index (χ1) is 29.3. The highest BCUT2D eigenvalue weighted by atomic mass is 15.2. The number of fused-ring (bicyclic) bond motifs is 10. The third kappa shape index (κ3) is 4.55. The van der Waals surface area contributed by atoms with Gasteiger partial charge in [0, 0.05) is 67.0 Å². The van der Waals surface area contributed by atoms with Crippen LogP contribution in [0.25, 0.3) is 55.0 Å². The average Bonchev–Trinajstić information content (AvgIpc) is 3.82.